The van der Waals surface area contributed by atoms with E-state index in [1.165, 1.54) is 10.6 Å². The number of carboxylic acids is 1. The summed E-state index contributed by atoms with van der Waals surface area (Å²) in [6.45, 7) is 0. The number of fused-ring (bicyclic) bond motifs is 1. The van der Waals surface area contributed by atoms with Crippen molar-refractivity contribution in [1.82, 2.24) is 14.6 Å². The van der Waals surface area contributed by atoms with Gasteiger partial charge in [0.05, 0.1) is 6.42 Å². The van der Waals surface area contributed by atoms with Crippen LogP contribution in [0.5, 0.6) is 0 Å². The Morgan fingerprint density at radius 2 is 2.16 bits per heavy atom. The molecule has 1 atom stereocenters. The van der Waals surface area contributed by atoms with Gasteiger partial charge in [0.2, 0.25) is 0 Å². The molecule has 0 aliphatic carbocycles. The molecule has 9 heteroatoms. The van der Waals surface area contributed by atoms with Gasteiger partial charge in [0, 0.05) is 6.20 Å². The van der Waals surface area contributed by atoms with Gasteiger partial charge in [0.25, 0.3) is 0 Å². The molecule has 2 rings (SSSR count). The summed E-state index contributed by atoms with van der Waals surface area (Å²) >= 11 is 0.344. The monoisotopic (exact) mass is 291 g/mol. The van der Waals surface area contributed by atoms with Crippen LogP contribution in [-0.4, -0.2) is 37.1 Å². The van der Waals surface area contributed by atoms with Gasteiger partial charge in [-0.2, -0.15) is 13.2 Å². The third-order valence-electron chi connectivity index (χ3n) is 2.26. The quantitative estimate of drug-likeness (QED) is 0.875. The molecule has 0 spiro atoms. The molecule has 0 radical (unpaired) electrons. The second-order valence-corrected chi connectivity index (χ2v) is 4.83. The van der Waals surface area contributed by atoms with Crippen LogP contribution in [0.1, 0.15) is 6.42 Å². The van der Waals surface area contributed by atoms with Gasteiger partial charge in [-0.25, -0.2) is 0 Å². The van der Waals surface area contributed by atoms with Crippen LogP contribution in [0.25, 0.3) is 5.65 Å². The third-order valence-corrected chi connectivity index (χ3v) is 3.46. The molecule has 0 amide bonds. The van der Waals surface area contributed by atoms with Gasteiger partial charge in [0.1, 0.15) is 5.25 Å². The predicted molar refractivity (Wildman–Crippen MR) is 60.9 cm³/mol. The zero-order valence-corrected chi connectivity index (χ0v) is 10.1. The zero-order chi connectivity index (χ0) is 14.0. The molecule has 1 N–H and O–H groups in total. The van der Waals surface area contributed by atoms with E-state index in [-0.39, 0.29) is 5.16 Å². The third kappa shape index (κ3) is 3.16. The summed E-state index contributed by atoms with van der Waals surface area (Å²) in [5.74, 6) is -1.51. The van der Waals surface area contributed by atoms with Crippen LogP contribution in [0, 0.1) is 0 Å². The molecular weight excluding hydrogens is 283 g/mol. The fourth-order valence-electron chi connectivity index (χ4n) is 1.41. The number of carbonyl (C=O) groups is 1. The fourth-order valence-corrected chi connectivity index (χ4v) is 2.38. The molecule has 19 heavy (non-hydrogen) atoms. The lowest BCUT2D eigenvalue weighted by Crippen LogP contribution is -2.28. The first kappa shape index (κ1) is 13.7. The summed E-state index contributed by atoms with van der Waals surface area (Å²) in [6.07, 6.45) is -4.12. The van der Waals surface area contributed by atoms with Gasteiger partial charge < -0.3 is 5.11 Å². The van der Waals surface area contributed by atoms with Crippen molar-refractivity contribution in [3.05, 3.63) is 24.4 Å². The van der Waals surface area contributed by atoms with E-state index < -0.39 is 23.8 Å². The molecule has 0 aromatic carbocycles. The highest BCUT2D eigenvalue weighted by atomic mass is 32.2. The smallest absolute Gasteiger partial charge is 0.401 e. The molecule has 0 saturated heterocycles. The van der Waals surface area contributed by atoms with E-state index in [0.717, 1.165) is 0 Å². The Labute approximate surface area is 109 Å². The summed E-state index contributed by atoms with van der Waals surface area (Å²) < 4.78 is 39.6. The second kappa shape index (κ2) is 5.08. The van der Waals surface area contributed by atoms with Crippen LogP contribution in [0.3, 0.4) is 0 Å². The van der Waals surface area contributed by atoms with E-state index in [9.17, 15) is 18.0 Å². The van der Waals surface area contributed by atoms with Crippen molar-refractivity contribution in [2.24, 2.45) is 0 Å². The largest absolute Gasteiger partial charge is 0.481 e. The van der Waals surface area contributed by atoms with E-state index in [1.807, 2.05) is 0 Å². The summed E-state index contributed by atoms with van der Waals surface area (Å²) in [6, 6.07) is 4.90. The Morgan fingerprint density at radius 3 is 2.79 bits per heavy atom. The maximum absolute atomic E-state index is 12.7. The highest BCUT2D eigenvalue weighted by Gasteiger charge is 2.42. The van der Waals surface area contributed by atoms with Crippen LogP contribution in [0.2, 0.25) is 0 Å². The first-order valence-corrected chi connectivity index (χ1v) is 6.01. The van der Waals surface area contributed by atoms with Gasteiger partial charge >= 0.3 is 12.1 Å². The molecule has 0 fully saturated rings. The zero-order valence-electron chi connectivity index (χ0n) is 9.33. The Balaban J connectivity index is 2.28. The van der Waals surface area contributed by atoms with Crippen LogP contribution in [-0.2, 0) is 4.79 Å². The number of nitrogens with zero attached hydrogens (tertiary/aromatic N) is 3. The average molecular weight is 291 g/mol. The van der Waals surface area contributed by atoms with Crippen molar-refractivity contribution >= 4 is 23.4 Å². The molecule has 102 valence electrons. The number of halogens is 3. The Morgan fingerprint density at radius 1 is 1.42 bits per heavy atom. The lowest BCUT2D eigenvalue weighted by Gasteiger charge is -2.16. The van der Waals surface area contributed by atoms with Gasteiger partial charge in [0.15, 0.2) is 10.8 Å². The highest BCUT2D eigenvalue weighted by Crippen LogP contribution is 2.36. The first-order valence-electron chi connectivity index (χ1n) is 5.13. The Hall–Kier alpha value is -1.77. The number of alkyl halides is 3. The maximum atomic E-state index is 12.7. The van der Waals surface area contributed by atoms with E-state index in [0.29, 0.717) is 17.4 Å². The maximum Gasteiger partial charge on any atom is 0.401 e. The lowest BCUT2D eigenvalue weighted by molar-refractivity contribution is -0.149. The number of thioether (sulfide) groups is 1. The van der Waals surface area contributed by atoms with Gasteiger partial charge in [-0.15, -0.1) is 10.2 Å². The molecule has 2 aromatic heterocycles. The first-order chi connectivity index (χ1) is 8.88. The van der Waals surface area contributed by atoms with Crippen LogP contribution >= 0.6 is 11.8 Å². The summed E-state index contributed by atoms with van der Waals surface area (Å²) in [4.78, 5) is 10.5. The molecule has 2 aromatic rings. The number of rotatable bonds is 4. The number of aromatic nitrogens is 3. The van der Waals surface area contributed by atoms with E-state index >= 15 is 0 Å². The van der Waals surface area contributed by atoms with E-state index in [4.69, 9.17) is 5.11 Å². The molecule has 0 aliphatic heterocycles. The molecule has 0 bridgehead atoms. The van der Waals surface area contributed by atoms with Crippen LogP contribution < -0.4 is 0 Å². The molecule has 5 nitrogen and oxygen atoms in total. The normalized spacial score (nSPS) is 13.6. The van der Waals surface area contributed by atoms with Crippen molar-refractivity contribution in [2.75, 3.05) is 0 Å². The van der Waals surface area contributed by atoms with E-state index in [1.54, 1.807) is 18.2 Å². The Bertz CT molecular complexity index is 599. The predicted octanol–water partition coefficient (Wildman–Crippen LogP) is 2.23. The number of aliphatic carboxylic acids is 1. The molecule has 2 heterocycles. The van der Waals surface area contributed by atoms with Gasteiger partial charge in [-0.1, -0.05) is 17.8 Å². The minimum absolute atomic E-state index is 0.0131. The SMILES string of the molecule is O=C(O)CC(Sc1nnc2ccccn12)C(F)(F)F. The van der Waals surface area contributed by atoms with E-state index in [2.05, 4.69) is 10.2 Å². The number of hydrogen-bond acceptors (Lipinski definition) is 4. The standard InChI is InChI=1S/C10H8F3N3O2S/c11-10(12,13)6(5-8(17)18)19-9-15-14-7-3-1-2-4-16(7)9/h1-4,6H,5H2,(H,17,18). The number of pyridine rings is 1. The summed E-state index contributed by atoms with van der Waals surface area (Å²) in [5, 5.41) is 13.8. The van der Waals surface area contributed by atoms with Crippen molar-refractivity contribution in [3.8, 4) is 0 Å². The number of carboxylic acid groups (broad SMARTS) is 1. The summed E-state index contributed by atoms with van der Waals surface area (Å²) in [7, 11) is 0. The fraction of sp³-hybridized carbons (Fsp3) is 0.300. The Kier molecular flexibility index (Phi) is 3.65. The van der Waals surface area contributed by atoms with Crippen LogP contribution in [0.15, 0.2) is 29.6 Å². The molecule has 1 unspecified atom stereocenters. The summed E-state index contributed by atoms with van der Waals surface area (Å²) in [5.41, 5.74) is 0.404. The number of hydrogen-bond donors (Lipinski definition) is 1. The topological polar surface area (TPSA) is 67.5 Å². The van der Waals surface area contributed by atoms with Crippen LogP contribution in [0.4, 0.5) is 13.2 Å². The van der Waals surface area contributed by atoms with Crippen molar-refractivity contribution < 1.29 is 23.1 Å². The van der Waals surface area contributed by atoms with Crippen molar-refractivity contribution in [1.29, 1.82) is 0 Å². The van der Waals surface area contributed by atoms with Gasteiger partial charge in [-0.3, -0.25) is 9.20 Å². The van der Waals surface area contributed by atoms with Crippen molar-refractivity contribution in [2.45, 2.75) is 23.0 Å². The minimum Gasteiger partial charge on any atom is -0.481 e. The lowest BCUT2D eigenvalue weighted by atomic mass is 10.3. The molecular formula is C10H8F3N3O2S. The molecule has 0 saturated carbocycles. The minimum atomic E-state index is -4.62. The van der Waals surface area contributed by atoms with Gasteiger partial charge in [-0.05, 0) is 12.1 Å². The average Bonchev–Trinajstić information content (AvgIpc) is 2.70. The highest BCUT2D eigenvalue weighted by molar-refractivity contribution is 7.99. The second-order valence-electron chi connectivity index (χ2n) is 3.66. The van der Waals surface area contributed by atoms with Crippen molar-refractivity contribution in [3.63, 3.8) is 0 Å². The molecule has 0 aliphatic rings.